The molecule has 0 bridgehead atoms. The van der Waals surface area contributed by atoms with Crippen LogP contribution < -0.4 is 0 Å². The Morgan fingerprint density at radius 2 is 1.09 bits per heavy atom. The average molecular weight is 162 g/mol. The molecule has 0 saturated heterocycles. The van der Waals surface area contributed by atoms with Gasteiger partial charge >= 0.3 is 0 Å². The van der Waals surface area contributed by atoms with Crippen molar-refractivity contribution in [3.05, 3.63) is 0 Å². The maximum absolute atomic E-state index is 11.0. The van der Waals surface area contributed by atoms with Gasteiger partial charge in [0.25, 0.3) is 0 Å². The van der Waals surface area contributed by atoms with Crippen LogP contribution >= 0.6 is 0 Å². The highest BCUT2D eigenvalue weighted by Gasteiger charge is 1.75. The fraction of sp³-hybridized carbons (Fsp3) is 1.00. The Kier molecular flexibility index (Phi) is 20.3. The minimum absolute atomic E-state index is 0.156. The molecule has 0 spiro atoms. The summed E-state index contributed by atoms with van der Waals surface area (Å²) in [7, 11) is 0. The van der Waals surface area contributed by atoms with Gasteiger partial charge in [-0.2, -0.15) is 0 Å². The average Bonchev–Trinajstić information content (AvgIpc) is 2.04. The lowest BCUT2D eigenvalue weighted by molar-refractivity contribution is 0.469. The molecule has 0 amide bonds. The topological polar surface area (TPSA) is 0 Å². The van der Waals surface area contributed by atoms with Crippen LogP contribution in [0.15, 0.2) is 0 Å². The van der Waals surface area contributed by atoms with Crippen molar-refractivity contribution in [2.24, 2.45) is 0 Å². The van der Waals surface area contributed by atoms with Crippen LogP contribution in [0.3, 0.4) is 0 Å². The molecule has 0 aliphatic rings. The summed E-state index contributed by atoms with van der Waals surface area (Å²) in [5.41, 5.74) is 0. The van der Waals surface area contributed by atoms with Crippen LogP contribution in [-0.2, 0) is 0 Å². The summed E-state index contributed by atoms with van der Waals surface area (Å²) in [5.74, 6) is 0. The van der Waals surface area contributed by atoms with Crippen molar-refractivity contribution in [3.8, 4) is 0 Å². The summed E-state index contributed by atoms with van der Waals surface area (Å²) >= 11 is 0. The Balaban J connectivity index is 0. The highest BCUT2D eigenvalue weighted by Crippen LogP contribution is 1.95. The summed E-state index contributed by atoms with van der Waals surface area (Å²) in [4.78, 5) is 0. The first-order valence-electron chi connectivity index (χ1n) is 4.89. The van der Waals surface area contributed by atoms with Gasteiger partial charge in [0.2, 0.25) is 0 Å². The number of rotatable bonds is 5. The van der Waals surface area contributed by atoms with Gasteiger partial charge in [-0.15, -0.1) is 0 Å². The fourth-order valence-corrected chi connectivity index (χ4v) is 0.634. The molecule has 0 aromatic rings. The Hall–Kier alpha value is -0.0700. The lowest BCUT2D eigenvalue weighted by atomic mass is 10.2. The van der Waals surface area contributed by atoms with E-state index in [4.69, 9.17) is 0 Å². The first-order valence-corrected chi connectivity index (χ1v) is 4.89. The molecule has 0 N–H and O–H groups in total. The van der Waals surface area contributed by atoms with Crippen molar-refractivity contribution in [2.45, 2.75) is 59.3 Å². The summed E-state index contributed by atoms with van der Waals surface area (Å²) in [6.07, 6.45) is 7.23. The van der Waals surface area contributed by atoms with Crippen LogP contribution in [0.5, 0.6) is 0 Å². The Labute approximate surface area is 71.2 Å². The molecular formula is C10H23F. The van der Waals surface area contributed by atoms with Gasteiger partial charge in [0.1, 0.15) is 0 Å². The highest BCUT2D eigenvalue weighted by atomic mass is 19.1. The molecule has 0 unspecified atom stereocenters. The molecular weight excluding hydrogens is 139 g/mol. The van der Waals surface area contributed by atoms with Crippen LogP contribution in [0.25, 0.3) is 0 Å². The van der Waals surface area contributed by atoms with E-state index in [0.29, 0.717) is 0 Å². The monoisotopic (exact) mass is 162 g/mol. The van der Waals surface area contributed by atoms with E-state index in [0.717, 1.165) is 12.8 Å². The molecule has 0 nitrogen and oxygen atoms in total. The largest absolute Gasteiger partial charge is 0.251 e. The summed E-state index contributed by atoms with van der Waals surface area (Å²) in [6, 6.07) is 0. The fourth-order valence-electron chi connectivity index (χ4n) is 0.634. The smallest absolute Gasteiger partial charge is 0.0894 e. The molecule has 0 radical (unpaired) electrons. The summed E-state index contributed by atoms with van der Waals surface area (Å²) < 4.78 is 11.0. The zero-order valence-electron chi connectivity index (χ0n) is 8.33. The predicted octanol–water partition coefficient (Wildman–Crippen LogP) is 4.34. The second-order valence-electron chi connectivity index (χ2n) is 2.75. The van der Waals surface area contributed by atoms with Crippen molar-refractivity contribution in [3.63, 3.8) is 0 Å². The standard InChI is InChI=1S/C6H14.C4H9F/c1-3-5-6-4-2;1-2-3-4-5/h3-6H2,1-2H3;2-4H2,1H3. The second-order valence-corrected chi connectivity index (χ2v) is 2.75. The van der Waals surface area contributed by atoms with Gasteiger partial charge < -0.3 is 0 Å². The Morgan fingerprint density at radius 1 is 0.727 bits per heavy atom. The first-order chi connectivity index (χ1) is 5.33. The van der Waals surface area contributed by atoms with E-state index in [-0.39, 0.29) is 6.67 Å². The number of hydrogen-bond donors (Lipinski definition) is 0. The van der Waals surface area contributed by atoms with Gasteiger partial charge in [0.15, 0.2) is 0 Å². The molecule has 1 heteroatoms. The number of halogens is 1. The highest BCUT2D eigenvalue weighted by molar-refractivity contribution is 4.31. The molecule has 0 heterocycles. The Morgan fingerprint density at radius 3 is 1.18 bits per heavy atom. The Bertz CT molecular complexity index is 38.1. The second kappa shape index (κ2) is 16.5. The third-order valence-electron chi connectivity index (χ3n) is 1.44. The molecule has 0 aliphatic carbocycles. The summed E-state index contributed by atoms with van der Waals surface area (Å²) in [6.45, 7) is 6.28. The first kappa shape index (κ1) is 13.5. The van der Waals surface area contributed by atoms with Crippen LogP contribution in [0.1, 0.15) is 59.3 Å². The predicted molar refractivity (Wildman–Crippen MR) is 50.7 cm³/mol. The van der Waals surface area contributed by atoms with Crippen molar-refractivity contribution >= 4 is 0 Å². The minimum Gasteiger partial charge on any atom is -0.251 e. The van der Waals surface area contributed by atoms with Gasteiger partial charge in [0.05, 0.1) is 6.67 Å². The van der Waals surface area contributed by atoms with Gasteiger partial charge in [-0.1, -0.05) is 52.9 Å². The van der Waals surface area contributed by atoms with Gasteiger partial charge in [0, 0.05) is 0 Å². The summed E-state index contributed by atoms with van der Waals surface area (Å²) in [5, 5.41) is 0. The molecule has 0 rings (SSSR count). The SMILES string of the molecule is CCCCCC.CCCCF. The molecule has 0 aromatic heterocycles. The molecule has 70 valence electrons. The molecule has 0 aromatic carbocycles. The van der Waals surface area contributed by atoms with E-state index in [9.17, 15) is 4.39 Å². The third kappa shape index (κ3) is 25.7. The van der Waals surface area contributed by atoms with Crippen LogP contribution in [0.2, 0.25) is 0 Å². The molecule has 0 atom stereocenters. The number of unbranched alkanes of at least 4 members (excludes halogenated alkanes) is 4. The van der Waals surface area contributed by atoms with E-state index < -0.39 is 0 Å². The van der Waals surface area contributed by atoms with E-state index in [1.165, 1.54) is 25.7 Å². The quantitative estimate of drug-likeness (QED) is 0.527. The van der Waals surface area contributed by atoms with Crippen molar-refractivity contribution < 1.29 is 4.39 Å². The van der Waals surface area contributed by atoms with Crippen LogP contribution in [0.4, 0.5) is 4.39 Å². The van der Waals surface area contributed by atoms with Gasteiger partial charge in [-0.05, 0) is 6.42 Å². The molecule has 0 saturated carbocycles. The van der Waals surface area contributed by atoms with Crippen molar-refractivity contribution in [2.75, 3.05) is 6.67 Å². The minimum atomic E-state index is -0.156. The lowest BCUT2D eigenvalue weighted by Gasteiger charge is -1.86. The molecule has 11 heavy (non-hydrogen) atoms. The van der Waals surface area contributed by atoms with Gasteiger partial charge in [-0.3, -0.25) is 4.39 Å². The third-order valence-corrected chi connectivity index (χ3v) is 1.44. The lowest BCUT2D eigenvalue weighted by Crippen LogP contribution is -1.67. The maximum atomic E-state index is 11.0. The van der Waals surface area contributed by atoms with E-state index in [2.05, 4.69) is 13.8 Å². The maximum Gasteiger partial charge on any atom is 0.0894 e. The number of hydrogen-bond acceptors (Lipinski definition) is 0. The molecule has 0 fully saturated rings. The van der Waals surface area contributed by atoms with E-state index >= 15 is 0 Å². The van der Waals surface area contributed by atoms with Crippen LogP contribution in [-0.4, -0.2) is 6.67 Å². The zero-order valence-corrected chi connectivity index (χ0v) is 8.33. The van der Waals surface area contributed by atoms with Crippen LogP contribution in [0, 0.1) is 0 Å². The van der Waals surface area contributed by atoms with Crippen molar-refractivity contribution in [1.82, 2.24) is 0 Å². The number of alkyl halides is 1. The van der Waals surface area contributed by atoms with Gasteiger partial charge in [-0.25, -0.2) is 0 Å². The van der Waals surface area contributed by atoms with E-state index in [1.807, 2.05) is 6.92 Å². The normalized spacial score (nSPS) is 8.73. The van der Waals surface area contributed by atoms with Crippen molar-refractivity contribution in [1.29, 1.82) is 0 Å². The van der Waals surface area contributed by atoms with E-state index in [1.54, 1.807) is 0 Å². The zero-order chi connectivity index (χ0) is 8.95. The molecule has 0 aliphatic heterocycles.